The van der Waals surface area contributed by atoms with E-state index in [0.717, 1.165) is 18.0 Å². The molecule has 2 heterocycles. The Morgan fingerprint density at radius 3 is 2.50 bits per heavy atom. The molecule has 1 atom stereocenters. The SMILES string of the molecule is CC(NCC(C(C)C)C(C)C)c1cnc2ccsc2c1. The Bertz CT molecular complexity index is 537. The van der Waals surface area contributed by atoms with Gasteiger partial charge in [-0.05, 0) is 54.3 Å². The Labute approximate surface area is 126 Å². The lowest BCUT2D eigenvalue weighted by Gasteiger charge is -2.27. The van der Waals surface area contributed by atoms with Gasteiger partial charge in [0.15, 0.2) is 0 Å². The number of aromatic nitrogens is 1. The van der Waals surface area contributed by atoms with Crippen LogP contribution in [0.3, 0.4) is 0 Å². The zero-order chi connectivity index (χ0) is 14.7. The summed E-state index contributed by atoms with van der Waals surface area (Å²) in [7, 11) is 0. The third kappa shape index (κ3) is 3.58. The van der Waals surface area contributed by atoms with Gasteiger partial charge in [-0.15, -0.1) is 11.3 Å². The van der Waals surface area contributed by atoms with Crippen LogP contribution >= 0.6 is 11.3 Å². The van der Waals surface area contributed by atoms with E-state index in [1.165, 1.54) is 10.3 Å². The molecule has 0 saturated heterocycles. The van der Waals surface area contributed by atoms with E-state index in [1.54, 1.807) is 11.3 Å². The molecule has 0 aromatic carbocycles. The number of rotatable bonds is 6. The monoisotopic (exact) mass is 290 g/mol. The average Bonchev–Trinajstić information content (AvgIpc) is 2.84. The van der Waals surface area contributed by atoms with E-state index in [0.29, 0.717) is 17.9 Å². The highest BCUT2D eigenvalue weighted by atomic mass is 32.1. The second kappa shape index (κ2) is 6.68. The third-order valence-corrected chi connectivity index (χ3v) is 5.05. The van der Waals surface area contributed by atoms with Gasteiger partial charge in [0.05, 0.1) is 10.2 Å². The first kappa shape index (κ1) is 15.5. The molecule has 110 valence electrons. The van der Waals surface area contributed by atoms with Crippen LogP contribution in [0.1, 0.15) is 46.2 Å². The van der Waals surface area contributed by atoms with E-state index < -0.39 is 0 Å². The first-order valence-corrected chi connectivity index (χ1v) is 8.43. The Balaban J connectivity index is 2.01. The van der Waals surface area contributed by atoms with Crippen molar-refractivity contribution in [3.05, 3.63) is 29.3 Å². The normalized spacial score (nSPS) is 13.8. The fourth-order valence-electron chi connectivity index (χ4n) is 2.77. The summed E-state index contributed by atoms with van der Waals surface area (Å²) in [5.74, 6) is 2.15. The van der Waals surface area contributed by atoms with Gasteiger partial charge in [0.1, 0.15) is 0 Å². The average molecular weight is 290 g/mol. The maximum absolute atomic E-state index is 4.53. The number of thiophene rings is 1. The highest BCUT2D eigenvalue weighted by Gasteiger charge is 2.18. The summed E-state index contributed by atoms with van der Waals surface area (Å²) in [6, 6.07) is 4.70. The van der Waals surface area contributed by atoms with Crippen molar-refractivity contribution in [2.24, 2.45) is 17.8 Å². The molecule has 2 nitrogen and oxygen atoms in total. The molecule has 0 bridgehead atoms. The summed E-state index contributed by atoms with van der Waals surface area (Å²) in [5.41, 5.74) is 2.39. The van der Waals surface area contributed by atoms with Crippen LogP contribution in [0, 0.1) is 17.8 Å². The van der Waals surface area contributed by atoms with Gasteiger partial charge >= 0.3 is 0 Å². The maximum atomic E-state index is 4.53. The number of fused-ring (bicyclic) bond motifs is 1. The van der Waals surface area contributed by atoms with Gasteiger partial charge in [0.25, 0.3) is 0 Å². The molecule has 1 unspecified atom stereocenters. The molecule has 0 aliphatic heterocycles. The molecule has 0 saturated carbocycles. The van der Waals surface area contributed by atoms with Gasteiger partial charge in [0.2, 0.25) is 0 Å². The van der Waals surface area contributed by atoms with Crippen molar-refractivity contribution in [2.45, 2.75) is 40.7 Å². The fourth-order valence-corrected chi connectivity index (χ4v) is 3.56. The van der Waals surface area contributed by atoms with Crippen LogP contribution in [0.15, 0.2) is 23.7 Å². The summed E-state index contributed by atoms with van der Waals surface area (Å²) < 4.78 is 1.28. The van der Waals surface area contributed by atoms with E-state index in [4.69, 9.17) is 0 Å². The van der Waals surface area contributed by atoms with Gasteiger partial charge < -0.3 is 5.32 Å². The zero-order valence-corrected chi connectivity index (χ0v) is 14.0. The first-order chi connectivity index (χ1) is 9.49. The van der Waals surface area contributed by atoms with Gasteiger partial charge in [-0.3, -0.25) is 4.98 Å². The molecule has 0 radical (unpaired) electrons. The first-order valence-electron chi connectivity index (χ1n) is 7.55. The van der Waals surface area contributed by atoms with Crippen LogP contribution in [0.2, 0.25) is 0 Å². The molecule has 1 N–H and O–H groups in total. The van der Waals surface area contributed by atoms with Gasteiger partial charge in [0, 0.05) is 12.2 Å². The van der Waals surface area contributed by atoms with Crippen molar-refractivity contribution in [1.82, 2.24) is 10.3 Å². The second-order valence-corrected chi connectivity index (χ2v) is 7.30. The molecule has 2 aromatic heterocycles. The lowest BCUT2D eigenvalue weighted by atomic mass is 9.85. The lowest BCUT2D eigenvalue weighted by Crippen LogP contribution is -2.31. The van der Waals surface area contributed by atoms with Crippen molar-refractivity contribution in [3.63, 3.8) is 0 Å². The molecule has 0 aliphatic carbocycles. The van der Waals surface area contributed by atoms with Crippen molar-refractivity contribution < 1.29 is 0 Å². The van der Waals surface area contributed by atoms with Crippen LogP contribution < -0.4 is 5.32 Å². The van der Waals surface area contributed by atoms with Crippen LogP contribution in [0.5, 0.6) is 0 Å². The predicted octanol–water partition coefficient (Wildman–Crippen LogP) is 4.88. The van der Waals surface area contributed by atoms with E-state index in [2.05, 4.69) is 62.4 Å². The molecule has 20 heavy (non-hydrogen) atoms. The van der Waals surface area contributed by atoms with Crippen molar-refractivity contribution in [2.75, 3.05) is 6.54 Å². The van der Waals surface area contributed by atoms with Gasteiger partial charge in [-0.1, -0.05) is 27.7 Å². The second-order valence-electron chi connectivity index (χ2n) is 6.35. The lowest BCUT2D eigenvalue weighted by molar-refractivity contribution is 0.268. The highest BCUT2D eigenvalue weighted by Crippen LogP contribution is 2.24. The quantitative estimate of drug-likeness (QED) is 0.820. The largest absolute Gasteiger partial charge is 0.310 e. The zero-order valence-electron chi connectivity index (χ0n) is 13.2. The predicted molar refractivity (Wildman–Crippen MR) is 89.2 cm³/mol. The number of hydrogen-bond acceptors (Lipinski definition) is 3. The molecule has 0 amide bonds. The number of pyridine rings is 1. The van der Waals surface area contributed by atoms with Crippen LogP contribution in [0.25, 0.3) is 10.2 Å². The Hall–Kier alpha value is -0.930. The summed E-state index contributed by atoms with van der Waals surface area (Å²) in [6.07, 6.45) is 2.01. The Morgan fingerprint density at radius 2 is 1.85 bits per heavy atom. The van der Waals surface area contributed by atoms with Gasteiger partial charge in [-0.25, -0.2) is 0 Å². The van der Waals surface area contributed by atoms with E-state index in [1.807, 2.05) is 6.20 Å². The topological polar surface area (TPSA) is 24.9 Å². The van der Waals surface area contributed by atoms with Crippen LogP contribution in [-0.4, -0.2) is 11.5 Å². The van der Waals surface area contributed by atoms with Crippen LogP contribution in [0.4, 0.5) is 0 Å². The minimum Gasteiger partial charge on any atom is -0.310 e. The molecule has 0 fully saturated rings. The van der Waals surface area contributed by atoms with E-state index >= 15 is 0 Å². The highest BCUT2D eigenvalue weighted by molar-refractivity contribution is 7.17. The third-order valence-electron chi connectivity index (χ3n) is 4.20. The molecular formula is C17H26N2S. The molecule has 0 aliphatic rings. The summed E-state index contributed by atoms with van der Waals surface area (Å²) in [5, 5.41) is 5.79. The molecule has 2 rings (SSSR count). The summed E-state index contributed by atoms with van der Waals surface area (Å²) in [4.78, 5) is 4.53. The van der Waals surface area contributed by atoms with Crippen LogP contribution in [-0.2, 0) is 0 Å². The molecule has 0 spiro atoms. The smallest absolute Gasteiger partial charge is 0.0809 e. The summed E-state index contributed by atoms with van der Waals surface area (Å²) >= 11 is 1.76. The fraction of sp³-hybridized carbons (Fsp3) is 0.588. The number of hydrogen-bond donors (Lipinski definition) is 1. The minimum absolute atomic E-state index is 0.356. The van der Waals surface area contributed by atoms with Crippen molar-refractivity contribution in [1.29, 1.82) is 0 Å². The Morgan fingerprint density at radius 1 is 1.15 bits per heavy atom. The Kier molecular flexibility index (Phi) is 5.17. The molecular weight excluding hydrogens is 264 g/mol. The van der Waals surface area contributed by atoms with Crippen molar-refractivity contribution in [3.8, 4) is 0 Å². The number of nitrogens with one attached hydrogen (secondary N) is 1. The van der Waals surface area contributed by atoms with E-state index in [-0.39, 0.29) is 0 Å². The van der Waals surface area contributed by atoms with Crippen molar-refractivity contribution >= 4 is 21.6 Å². The molecule has 2 aromatic rings. The minimum atomic E-state index is 0.356. The standard InChI is InChI=1S/C17H26N2S/c1-11(2)15(12(3)4)10-18-13(5)14-8-17-16(19-9-14)6-7-20-17/h6-9,11-13,15,18H,10H2,1-5H3. The van der Waals surface area contributed by atoms with Gasteiger partial charge in [-0.2, -0.15) is 0 Å². The summed E-state index contributed by atoms with van der Waals surface area (Å²) in [6.45, 7) is 12.6. The number of nitrogens with zero attached hydrogens (tertiary/aromatic N) is 1. The maximum Gasteiger partial charge on any atom is 0.0809 e. The van der Waals surface area contributed by atoms with E-state index in [9.17, 15) is 0 Å². The molecule has 3 heteroatoms.